The Labute approximate surface area is 189 Å². The van der Waals surface area contributed by atoms with E-state index in [1.54, 1.807) is 0 Å². The van der Waals surface area contributed by atoms with Gasteiger partial charge in [0, 0.05) is 45.0 Å². The molecule has 2 heterocycles. The minimum absolute atomic E-state index is 0. The SMILES string of the molecule is CN=C(NCCn1c(C)nc2ccccc21)NC1CCN(c2ccccc2)C1.I. The zero-order valence-electron chi connectivity index (χ0n) is 17.0. The number of aliphatic imine (C=N–C) groups is 1. The molecule has 1 aliphatic heterocycles. The third kappa shape index (κ3) is 5.01. The molecule has 2 aromatic carbocycles. The van der Waals surface area contributed by atoms with E-state index >= 15 is 0 Å². The fraction of sp³-hybridized carbons (Fsp3) is 0.364. The number of fused-ring (bicyclic) bond motifs is 1. The summed E-state index contributed by atoms with van der Waals surface area (Å²) in [4.78, 5) is 11.5. The number of aryl methyl sites for hydroxylation is 1. The smallest absolute Gasteiger partial charge is 0.191 e. The Morgan fingerprint density at radius 3 is 2.69 bits per heavy atom. The number of halogens is 1. The summed E-state index contributed by atoms with van der Waals surface area (Å²) < 4.78 is 2.25. The van der Waals surface area contributed by atoms with E-state index in [1.165, 1.54) is 11.2 Å². The lowest BCUT2D eigenvalue weighted by Gasteiger charge is -2.20. The van der Waals surface area contributed by atoms with Crippen molar-refractivity contribution in [3.63, 3.8) is 0 Å². The van der Waals surface area contributed by atoms with Gasteiger partial charge in [-0.3, -0.25) is 4.99 Å². The maximum Gasteiger partial charge on any atom is 0.191 e. The molecule has 2 N–H and O–H groups in total. The maximum atomic E-state index is 4.64. The van der Waals surface area contributed by atoms with Gasteiger partial charge in [0.2, 0.25) is 0 Å². The van der Waals surface area contributed by atoms with Gasteiger partial charge in [0.25, 0.3) is 0 Å². The van der Waals surface area contributed by atoms with E-state index in [2.05, 4.69) is 85.5 Å². The summed E-state index contributed by atoms with van der Waals surface area (Å²) in [5.41, 5.74) is 3.52. The van der Waals surface area contributed by atoms with E-state index in [0.717, 1.165) is 49.9 Å². The molecular weight excluding hydrogens is 475 g/mol. The van der Waals surface area contributed by atoms with E-state index in [1.807, 2.05) is 13.1 Å². The number of hydrogen-bond donors (Lipinski definition) is 2. The van der Waals surface area contributed by atoms with Crippen LogP contribution in [-0.4, -0.2) is 48.2 Å². The number of para-hydroxylation sites is 3. The van der Waals surface area contributed by atoms with Crippen molar-refractivity contribution in [3.05, 3.63) is 60.4 Å². The lowest BCUT2D eigenvalue weighted by Crippen LogP contribution is -2.45. The Bertz CT molecular complexity index is 952. The first-order valence-corrected chi connectivity index (χ1v) is 9.93. The Morgan fingerprint density at radius 2 is 1.90 bits per heavy atom. The third-order valence-electron chi connectivity index (χ3n) is 5.35. The van der Waals surface area contributed by atoms with Crippen LogP contribution >= 0.6 is 24.0 Å². The van der Waals surface area contributed by atoms with Gasteiger partial charge >= 0.3 is 0 Å². The fourth-order valence-corrected chi connectivity index (χ4v) is 3.90. The first kappa shape index (κ1) is 21.4. The van der Waals surface area contributed by atoms with Crippen molar-refractivity contribution >= 4 is 46.7 Å². The average Bonchev–Trinajstić information content (AvgIpc) is 3.32. The van der Waals surface area contributed by atoms with E-state index in [9.17, 15) is 0 Å². The van der Waals surface area contributed by atoms with Gasteiger partial charge in [0.05, 0.1) is 11.0 Å². The highest BCUT2D eigenvalue weighted by Gasteiger charge is 2.23. The number of benzene rings is 2. The van der Waals surface area contributed by atoms with Gasteiger partial charge < -0.3 is 20.1 Å². The van der Waals surface area contributed by atoms with Crippen LogP contribution in [0.1, 0.15) is 12.2 Å². The zero-order chi connectivity index (χ0) is 19.3. The predicted molar refractivity (Wildman–Crippen MR) is 131 cm³/mol. The van der Waals surface area contributed by atoms with Gasteiger partial charge in [0.1, 0.15) is 5.82 Å². The molecule has 1 unspecified atom stereocenters. The van der Waals surface area contributed by atoms with Crippen LogP contribution in [0.2, 0.25) is 0 Å². The molecule has 7 heteroatoms. The highest BCUT2D eigenvalue weighted by molar-refractivity contribution is 14.0. The highest BCUT2D eigenvalue weighted by atomic mass is 127. The molecule has 0 aliphatic carbocycles. The molecule has 1 atom stereocenters. The molecule has 1 saturated heterocycles. The van der Waals surface area contributed by atoms with E-state index in [-0.39, 0.29) is 24.0 Å². The summed E-state index contributed by atoms with van der Waals surface area (Å²) in [7, 11) is 1.83. The van der Waals surface area contributed by atoms with Gasteiger partial charge in [-0.1, -0.05) is 30.3 Å². The molecule has 0 saturated carbocycles. The normalized spacial score (nSPS) is 16.7. The summed E-state index contributed by atoms with van der Waals surface area (Å²) in [6, 6.07) is 19.3. The van der Waals surface area contributed by atoms with Crippen LogP contribution in [0.25, 0.3) is 11.0 Å². The molecule has 0 amide bonds. The van der Waals surface area contributed by atoms with Crippen molar-refractivity contribution < 1.29 is 0 Å². The molecule has 1 aromatic heterocycles. The quantitative estimate of drug-likeness (QED) is 0.318. The molecule has 0 spiro atoms. The number of anilines is 1. The molecule has 1 fully saturated rings. The molecule has 29 heavy (non-hydrogen) atoms. The van der Waals surface area contributed by atoms with Crippen molar-refractivity contribution in [2.45, 2.75) is 25.9 Å². The molecule has 1 aliphatic rings. The first-order chi connectivity index (χ1) is 13.7. The van der Waals surface area contributed by atoms with Gasteiger partial charge in [-0.05, 0) is 37.6 Å². The van der Waals surface area contributed by atoms with Crippen LogP contribution < -0.4 is 15.5 Å². The van der Waals surface area contributed by atoms with E-state index in [0.29, 0.717) is 6.04 Å². The number of nitrogens with zero attached hydrogens (tertiary/aromatic N) is 4. The minimum atomic E-state index is 0. The lowest BCUT2D eigenvalue weighted by atomic mass is 10.3. The van der Waals surface area contributed by atoms with Gasteiger partial charge in [-0.15, -0.1) is 24.0 Å². The second-order valence-electron chi connectivity index (χ2n) is 7.21. The Kier molecular flexibility index (Phi) is 7.35. The molecular formula is C22H29IN6. The number of hydrogen-bond acceptors (Lipinski definition) is 3. The van der Waals surface area contributed by atoms with Crippen molar-refractivity contribution in [2.24, 2.45) is 4.99 Å². The Hall–Kier alpha value is -2.29. The average molecular weight is 504 g/mol. The number of aromatic nitrogens is 2. The van der Waals surface area contributed by atoms with Crippen LogP contribution in [0.5, 0.6) is 0 Å². The highest BCUT2D eigenvalue weighted by Crippen LogP contribution is 2.19. The zero-order valence-corrected chi connectivity index (χ0v) is 19.3. The number of nitrogens with one attached hydrogen (secondary N) is 2. The van der Waals surface area contributed by atoms with Crippen molar-refractivity contribution in [3.8, 4) is 0 Å². The molecule has 154 valence electrons. The summed E-state index contributed by atoms with van der Waals surface area (Å²) >= 11 is 0. The molecule has 3 aromatic rings. The second kappa shape index (κ2) is 9.96. The third-order valence-corrected chi connectivity index (χ3v) is 5.35. The summed E-state index contributed by atoms with van der Waals surface area (Å²) in [6.07, 6.45) is 1.11. The fourth-order valence-electron chi connectivity index (χ4n) is 3.90. The predicted octanol–water partition coefficient (Wildman–Crippen LogP) is 3.41. The summed E-state index contributed by atoms with van der Waals surface area (Å²) in [6.45, 7) is 5.78. The maximum absolute atomic E-state index is 4.64. The van der Waals surface area contributed by atoms with Crippen LogP contribution in [-0.2, 0) is 6.54 Å². The summed E-state index contributed by atoms with van der Waals surface area (Å²) in [5.74, 6) is 1.90. The minimum Gasteiger partial charge on any atom is -0.369 e. The monoisotopic (exact) mass is 504 g/mol. The first-order valence-electron chi connectivity index (χ1n) is 9.93. The number of guanidine groups is 1. The van der Waals surface area contributed by atoms with Crippen molar-refractivity contribution in [2.75, 3.05) is 31.6 Å². The lowest BCUT2D eigenvalue weighted by molar-refractivity contribution is 0.624. The van der Waals surface area contributed by atoms with Crippen LogP contribution in [0.3, 0.4) is 0 Å². The Balaban J connectivity index is 0.00000240. The van der Waals surface area contributed by atoms with Crippen LogP contribution in [0.15, 0.2) is 59.6 Å². The van der Waals surface area contributed by atoms with Crippen LogP contribution in [0.4, 0.5) is 5.69 Å². The van der Waals surface area contributed by atoms with Crippen molar-refractivity contribution in [1.82, 2.24) is 20.2 Å². The molecule has 6 nitrogen and oxygen atoms in total. The van der Waals surface area contributed by atoms with Gasteiger partial charge in [-0.2, -0.15) is 0 Å². The van der Waals surface area contributed by atoms with E-state index in [4.69, 9.17) is 0 Å². The van der Waals surface area contributed by atoms with E-state index < -0.39 is 0 Å². The van der Waals surface area contributed by atoms with Crippen LogP contribution in [0, 0.1) is 6.92 Å². The molecule has 4 rings (SSSR count). The topological polar surface area (TPSA) is 57.5 Å². The second-order valence-corrected chi connectivity index (χ2v) is 7.21. The molecule has 0 bridgehead atoms. The van der Waals surface area contributed by atoms with Gasteiger partial charge in [0.15, 0.2) is 5.96 Å². The number of rotatable bonds is 5. The Morgan fingerprint density at radius 1 is 1.14 bits per heavy atom. The number of imidazole rings is 1. The van der Waals surface area contributed by atoms with Gasteiger partial charge in [-0.25, -0.2) is 4.98 Å². The van der Waals surface area contributed by atoms with Crippen molar-refractivity contribution in [1.29, 1.82) is 0 Å². The summed E-state index contributed by atoms with van der Waals surface area (Å²) in [5, 5.41) is 7.02. The standard InChI is InChI=1S/C22H28N6.HI/c1-17-25-20-10-6-7-11-21(20)28(17)15-13-24-22(23-2)26-18-12-14-27(16-18)19-8-4-3-5-9-19;/h3-11,18H,12-16H2,1-2H3,(H2,23,24,26);1H. The molecule has 0 radical (unpaired) electrons. The largest absolute Gasteiger partial charge is 0.369 e.